The van der Waals surface area contributed by atoms with E-state index in [0.29, 0.717) is 31.3 Å². The molecule has 8 heteroatoms. The van der Waals surface area contributed by atoms with Gasteiger partial charge in [-0.15, -0.1) is 11.8 Å². The molecule has 6 nitrogen and oxygen atoms in total. The summed E-state index contributed by atoms with van der Waals surface area (Å²) in [5, 5.41) is 11.2. The molecule has 3 atom stereocenters. The number of hydrogen-bond acceptors (Lipinski definition) is 7. The third-order valence-corrected chi connectivity index (χ3v) is 8.10. The van der Waals surface area contributed by atoms with Crippen LogP contribution in [-0.4, -0.2) is 73.9 Å². The van der Waals surface area contributed by atoms with E-state index < -0.39 is 0 Å². The van der Waals surface area contributed by atoms with Crippen molar-refractivity contribution in [2.45, 2.75) is 30.4 Å². The summed E-state index contributed by atoms with van der Waals surface area (Å²) >= 11 is 7.87. The number of ether oxygens (including phenoxy) is 3. The molecule has 2 aliphatic rings. The zero-order chi connectivity index (χ0) is 24.5. The summed E-state index contributed by atoms with van der Waals surface area (Å²) in [5.41, 5.74) is 1.45. The first-order valence-corrected chi connectivity index (χ1v) is 13.6. The Morgan fingerprint density at radius 2 is 1.97 bits per heavy atom. The third-order valence-electron chi connectivity index (χ3n) is 6.68. The molecule has 0 aromatic heterocycles. The lowest BCUT2D eigenvalue weighted by atomic mass is 9.97. The van der Waals surface area contributed by atoms with Crippen LogP contribution in [-0.2, 0) is 20.8 Å². The van der Waals surface area contributed by atoms with E-state index in [0.717, 1.165) is 66.9 Å². The highest BCUT2D eigenvalue weighted by Crippen LogP contribution is 2.37. The molecule has 1 saturated heterocycles. The zero-order valence-electron chi connectivity index (χ0n) is 19.9. The third kappa shape index (κ3) is 8.20. The molecule has 2 aromatic carbocycles. The van der Waals surface area contributed by atoms with Gasteiger partial charge in [0.2, 0.25) is 0 Å². The number of thioether (sulfide) groups is 1. The zero-order valence-corrected chi connectivity index (χ0v) is 21.5. The molecule has 1 N–H and O–H groups in total. The molecule has 1 heterocycles. The summed E-state index contributed by atoms with van der Waals surface area (Å²) in [5.74, 6) is 1.11. The summed E-state index contributed by atoms with van der Waals surface area (Å²) < 4.78 is 16.8. The summed E-state index contributed by atoms with van der Waals surface area (Å²) in [6.45, 7) is 5.19. The number of rotatable bonds is 11. The lowest BCUT2D eigenvalue weighted by molar-refractivity contribution is 0.0195. The van der Waals surface area contributed by atoms with Gasteiger partial charge in [0.25, 0.3) is 0 Å². The maximum atomic E-state index is 12.5. The van der Waals surface area contributed by atoms with Gasteiger partial charge in [-0.25, -0.2) is 4.79 Å². The number of carbonyl (C=O) groups is 1. The van der Waals surface area contributed by atoms with Crippen LogP contribution in [0.2, 0.25) is 5.02 Å². The Kier molecular flexibility index (Phi) is 10.3. The van der Waals surface area contributed by atoms with E-state index in [-0.39, 0.29) is 18.0 Å². The number of aliphatic hydroxyl groups is 1. The molecule has 1 aliphatic heterocycles. The second-order valence-electron chi connectivity index (χ2n) is 9.14. The fourth-order valence-electron chi connectivity index (χ4n) is 4.62. The highest BCUT2D eigenvalue weighted by Gasteiger charge is 2.35. The first-order chi connectivity index (χ1) is 17.1. The number of esters is 1. The number of carbonyl (C=O) groups excluding carboxylic acids is 1. The molecule has 1 unspecified atom stereocenters. The van der Waals surface area contributed by atoms with Gasteiger partial charge >= 0.3 is 5.97 Å². The molecular weight excluding hydrogens is 486 g/mol. The van der Waals surface area contributed by atoms with Crippen molar-refractivity contribution in [3.8, 4) is 0 Å². The number of benzene rings is 2. The summed E-state index contributed by atoms with van der Waals surface area (Å²) in [6.07, 6.45) is 1.46. The van der Waals surface area contributed by atoms with Gasteiger partial charge in [-0.3, -0.25) is 4.90 Å². The average molecular weight is 520 g/mol. The quantitative estimate of drug-likeness (QED) is 0.345. The predicted molar refractivity (Wildman–Crippen MR) is 138 cm³/mol. The Labute approximate surface area is 216 Å². The predicted octanol–water partition coefficient (Wildman–Crippen LogP) is 4.53. The molecular formula is C27H34ClNO5S. The molecule has 1 saturated carbocycles. The highest BCUT2D eigenvalue weighted by atomic mass is 35.5. The molecule has 4 rings (SSSR count). The Hall–Kier alpha value is -1.61. The van der Waals surface area contributed by atoms with Gasteiger partial charge in [0.15, 0.2) is 0 Å². The lowest BCUT2D eigenvalue weighted by Crippen LogP contribution is -2.38. The Morgan fingerprint density at radius 3 is 2.80 bits per heavy atom. The molecule has 1 aliphatic carbocycles. The van der Waals surface area contributed by atoms with Gasteiger partial charge < -0.3 is 19.3 Å². The second-order valence-corrected chi connectivity index (χ2v) is 10.7. The van der Waals surface area contributed by atoms with Crippen LogP contribution in [0.4, 0.5) is 0 Å². The second kappa shape index (κ2) is 13.6. The molecule has 0 amide bonds. The number of hydrogen-bond donors (Lipinski definition) is 1. The largest absolute Gasteiger partial charge is 0.461 e. The van der Waals surface area contributed by atoms with Crippen LogP contribution >= 0.6 is 23.4 Å². The maximum absolute atomic E-state index is 12.5. The van der Waals surface area contributed by atoms with Gasteiger partial charge in [0, 0.05) is 41.2 Å². The van der Waals surface area contributed by atoms with E-state index >= 15 is 0 Å². The van der Waals surface area contributed by atoms with Crippen molar-refractivity contribution in [2.24, 2.45) is 11.8 Å². The minimum atomic E-state index is -0.340. The van der Waals surface area contributed by atoms with Crippen molar-refractivity contribution in [3.05, 3.63) is 64.7 Å². The Morgan fingerprint density at radius 1 is 1.14 bits per heavy atom. The lowest BCUT2D eigenvalue weighted by Gasteiger charge is -2.26. The molecule has 0 spiro atoms. The van der Waals surface area contributed by atoms with Gasteiger partial charge in [-0.05, 0) is 54.7 Å². The van der Waals surface area contributed by atoms with Crippen molar-refractivity contribution in [2.75, 3.05) is 51.8 Å². The highest BCUT2D eigenvalue weighted by molar-refractivity contribution is 7.99. The minimum absolute atomic E-state index is 0.106. The number of morpholine rings is 1. The molecule has 0 radical (unpaired) electrons. The van der Waals surface area contributed by atoms with Gasteiger partial charge in [-0.2, -0.15) is 0 Å². The smallest absolute Gasteiger partial charge is 0.338 e. The van der Waals surface area contributed by atoms with Gasteiger partial charge in [-0.1, -0.05) is 29.8 Å². The number of halogens is 1. The topological polar surface area (TPSA) is 68.2 Å². The minimum Gasteiger partial charge on any atom is -0.461 e. The fraction of sp³-hybridized carbons (Fsp3) is 0.519. The SMILES string of the molecule is O=C(OCCN1CCOCC1)c1cccc(COC[C@H]2C(O)CC[C@@H]2CSc2cccc(Cl)c2)c1. The normalized spacial score (nSPS) is 22.9. The summed E-state index contributed by atoms with van der Waals surface area (Å²) in [7, 11) is 0. The first-order valence-electron chi connectivity index (χ1n) is 12.3. The van der Waals surface area contributed by atoms with Crippen LogP contribution in [0.3, 0.4) is 0 Å². The number of aliphatic hydroxyl groups excluding tert-OH is 1. The molecule has 2 fully saturated rings. The van der Waals surface area contributed by atoms with Crippen molar-refractivity contribution in [3.63, 3.8) is 0 Å². The summed E-state index contributed by atoms with van der Waals surface area (Å²) in [6, 6.07) is 15.3. The van der Waals surface area contributed by atoms with Crippen molar-refractivity contribution in [1.82, 2.24) is 4.90 Å². The van der Waals surface area contributed by atoms with Crippen molar-refractivity contribution in [1.29, 1.82) is 0 Å². The summed E-state index contributed by atoms with van der Waals surface area (Å²) in [4.78, 5) is 15.8. The van der Waals surface area contributed by atoms with E-state index in [1.54, 1.807) is 17.8 Å². The number of nitrogens with zero attached hydrogens (tertiary/aromatic N) is 1. The van der Waals surface area contributed by atoms with Crippen LogP contribution in [0, 0.1) is 11.8 Å². The van der Waals surface area contributed by atoms with Gasteiger partial charge in [0.1, 0.15) is 6.61 Å². The average Bonchev–Trinajstić information content (AvgIpc) is 3.23. The van der Waals surface area contributed by atoms with E-state index in [4.69, 9.17) is 25.8 Å². The van der Waals surface area contributed by atoms with Crippen LogP contribution in [0.15, 0.2) is 53.4 Å². The van der Waals surface area contributed by atoms with E-state index in [1.165, 1.54) is 0 Å². The monoisotopic (exact) mass is 519 g/mol. The van der Waals surface area contributed by atoms with Crippen LogP contribution in [0.5, 0.6) is 0 Å². The Balaban J connectivity index is 1.21. The van der Waals surface area contributed by atoms with Crippen LogP contribution < -0.4 is 0 Å². The molecule has 2 aromatic rings. The van der Waals surface area contributed by atoms with Gasteiger partial charge in [0.05, 0.1) is 38.1 Å². The van der Waals surface area contributed by atoms with Crippen LogP contribution in [0.1, 0.15) is 28.8 Å². The fourth-order valence-corrected chi connectivity index (χ4v) is 6.08. The molecule has 190 valence electrons. The van der Waals surface area contributed by atoms with Crippen molar-refractivity contribution >= 4 is 29.3 Å². The van der Waals surface area contributed by atoms with E-state index in [2.05, 4.69) is 11.0 Å². The first kappa shape index (κ1) is 26.5. The molecule has 0 bridgehead atoms. The van der Waals surface area contributed by atoms with Crippen molar-refractivity contribution < 1.29 is 24.1 Å². The Bertz CT molecular complexity index is 955. The van der Waals surface area contributed by atoms with E-state index in [9.17, 15) is 9.90 Å². The maximum Gasteiger partial charge on any atom is 0.338 e. The van der Waals surface area contributed by atoms with E-state index in [1.807, 2.05) is 36.4 Å². The molecule has 35 heavy (non-hydrogen) atoms. The standard InChI is InChI=1S/C27H34ClNO5S/c28-23-5-2-6-24(16-23)35-19-22-7-8-26(30)25(22)18-33-17-20-3-1-4-21(15-20)27(31)34-14-11-29-9-12-32-13-10-29/h1-6,15-16,22,25-26,30H,7-14,17-19H2/t22-,25-,26?/m1/s1. The van der Waals surface area contributed by atoms with Crippen LogP contribution in [0.25, 0.3) is 0 Å².